The fraction of sp³-hybridized carbons (Fsp3) is 0.250. The highest BCUT2D eigenvalue weighted by Crippen LogP contribution is 2.26. The van der Waals surface area contributed by atoms with E-state index in [1.807, 2.05) is 45.1 Å². The second-order valence-electron chi connectivity index (χ2n) is 5.41. The number of benzene rings is 1. The van der Waals surface area contributed by atoms with Gasteiger partial charge >= 0.3 is 0 Å². The van der Waals surface area contributed by atoms with E-state index < -0.39 is 0 Å². The summed E-state index contributed by atoms with van der Waals surface area (Å²) in [6, 6.07) is 7.60. The maximum absolute atomic E-state index is 12.6. The van der Waals surface area contributed by atoms with Crippen molar-refractivity contribution in [3.63, 3.8) is 0 Å². The largest absolute Gasteiger partial charge is 0.337 e. The lowest BCUT2D eigenvalue weighted by Gasteiger charge is -2.13. The van der Waals surface area contributed by atoms with E-state index >= 15 is 0 Å². The fourth-order valence-electron chi connectivity index (χ4n) is 2.81. The highest BCUT2D eigenvalue weighted by Gasteiger charge is 2.23. The topological polar surface area (TPSA) is 37.6 Å². The smallest absolute Gasteiger partial charge is 0.271 e. The Hall–Kier alpha value is -1.85. The van der Waals surface area contributed by atoms with E-state index in [4.69, 9.17) is 11.6 Å². The minimum absolute atomic E-state index is 0.0961. The summed E-state index contributed by atoms with van der Waals surface area (Å²) in [6.07, 6.45) is 4.11. The molecular weight excluding hydrogens is 318 g/mol. The van der Waals surface area contributed by atoms with Crippen LogP contribution in [0.2, 0.25) is 5.02 Å². The van der Waals surface area contributed by atoms with Crippen molar-refractivity contribution in [3.8, 4) is 11.3 Å². The number of nitrogens with zero attached hydrogens (tertiary/aromatic N) is 3. The zero-order chi connectivity index (χ0) is 15.1. The van der Waals surface area contributed by atoms with Gasteiger partial charge in [-0.25, -0.2) is 4.98 Å². The quantitative estimate of drug-likeness (QED) is 0.713. The molecule has 1 saturated heterocycles. The second-order valence-corrected chi connectivity index (χ2v) is 6.68. The van der Waals surface area contributed by atoms with E-state index in [1.54, 1.807) is 0 Å². The number of hydrogen-bond donors (Lipinski definition) is 0. The van der Waals surface area contributed by atoms with Gasteiger partial charge in [-0.05, 0) is 25.0 Å². The van der Waals surface area contributed by atoms with E-state index in [0.29, 0.717) is 10.7 Å². The summed E-state index contributed by atoms with van der Waals surface area (Å²) in [7, 11) is 0. The van der Waals surface area contributed by atoms with Crippen LogP contribution in [0.4, 0.5) is 0 Å². The van der Waals surface area contributed by atoms with Crippen LogP contribution in [0.3, 0.4) is 0 Å². The van der Waals surface area contributed by atoms with Crippen molar-refractivity contribution in [1.29, 1.82) is 0 Å². The molecule has 6 heteroatoms. The average Bonchev–Trinajstić information content (AvgIpc) is 3.23. The zero-order valence-corrected chi connectivity index (χ0v) is 13.4. The van der Waals surface area contributed by atoms with Crippen molar-refractivity contribution in [3.05, 3.63) is 46.6 Å². The Kier molecular flexibility index (Phi) is 3.39. The molecule has 0 aliphatic carbocycles. The summed E-state index contributed by atoms with van der Waals surface area (Å²) in [4.78, 5) is 19.9. The normalized spacial score (nSPS) is 14.9. The molecular formula is C16H14ClN3OS. The molecule has 4 rings (SSSR count). The Labute approximate surface area is 137 Å². The van der Waals surface area contributed by atoms with Crippen molar-refractivity contribution in [1.82, 2.24) is 14.3 Å². The van der Waals surface area contributed by atoms with Gasteiger partial charge in [-0.2, -0.15) is 0 Å². The molecule has 1 aromatic carbocycles. The molecule has 3 aromatic rings. The molecule has 1 aliphatic heterocycles. The number of carbonyl (C=O) groups is 1. The van der Waals surface area contributed by atoms with Gasteiger partial charge in [0.2, 0.25) is 0 Å². The molecule has 3 heterocycles. The van der Waals surface area contributed by atoms with E-state index in [1.165, 1.54) is 11.3 Å². The Morgan fingerprint density at radius 2 is 2.09 bits per heavy atom. The predicted molar refractivity (Wildman–Crippen MR) is 88.7 cm³/mol. The number of likely N-dealkylation sites (tertiary alicyclic amines) is 1. The van der Waals surface area contributed by atoms with Crippen LogP contribution in [0.5, 0.6) is 0 Å². The molecule has 0 unspecified atom stereocenters. The van der Waals surface area contributed by atoms with Gasteiger partial charge < -0.3 is 4.90 Å². The lowest BCUT2D eigenvalue weighted by molar-refractivity contribution is 0.0786. The second kappa shape index (κ2) is 5.41. The summed E-state index contributed by atoms with van der Waals surface area (Å²) in [5.41, 5.74) is 2.50. The first-order valence-corrected chi connectivity index (χ1v) is 8.50. The van der Waals surface area contributed by atoms with Gasteiger partial charge in [0.1, 0.15) is 5.69 Å². The number of imidazole rings is 1. The van der Waals surface area contributed by atoms with Crippen LogP contribution in [0.15, 0.2) is 35.8 Å². The standard InChI is InChI=1S/C16H14ClN3OS/c17-12-5-3-4-11(8-12)13-9-20-14(10-22-16(20)18-13)15(21)19-6-1-2-7-19/h3-5,8-10H,1-2,6-7H2. The number of halogens is 1. The number of rotatable bonds is 2. The van der Waals surface area contributed by atoms with Crippen molar-refractivity contribution in [2.45, 2.75) is 12.8 Å². The fourth-order valence-corrected chi connectivity index (χ4v) is 3.84. The van der Waals surface area contributed by atoms with Gasteiger partial charge in [0, 0.05) is 35.3 Å². The maximum atomic E-state index is 12.6. The monoisotopic (exact) mass is 331 g/mol. The van der Waals surface area contributed by atoms with Crippen LogP contribution < -0.4 is 0 Å². The van der Waals surface area contributed by atoms with Gasteiger partial charge in [-0.1, -0.05) is 23.7 Å². The number of fused-ring (bicyclic) bond motifs is 1. The van der Waals surface area contributed by atoms with E-state index in [2.05, 4.69) is 4.98 Å². The van der Waals surface area contributed by atoms with E-state index in [9.17, 15) is 4.79 Å². The van der Waals surface area contributed by atoms with Gasteiger partial charge in [0.15, 0.2) is 4.96 Å². The van der Waals surface area contributed by atoms with Crippen molar-refractivity contribution in [2.75, 3.05) is 13.1 Å². The molecule has 4 nitrogen and oxygen atoms in total. The molecule has 0 atom stereocenters. The molecule has 2 aromatic heterocycles. The van der Waals surface area contributed by atoms with Gasteiger partial charge in [0.25, 0.3) is 5.91 Å². The number of aromatic nitrogens is 2. The SMILES string of the molecule is O=C(c1csc2nc(-c3cccc(Cl)c3)cn12)N1CCCC1. The van der Waals surface area contributed by atoms with E-state index in [0.717, 1.165) is 42.1 Å². The molecule has 0 N–H and O–H groups in total. The van der Waals surface area contributed by atoms with Crippen LogP contribution in [0.1, 0.15) is 23.3 Å². The van der Waals surface area contributed by atoms with Crippen molar-refractivity contribution < 1.29 is 4.79 Å². The molecule has 0 saturated carbocycles. The van der Waals surface area contributed by atoms with Crippen molar-refractivity contribution >= 4 is 33.8 Å². The van der Waals surface area contributed by atoms with Gasteiger partial charge in [-0.3, -0.25) is 9.20 Å². The third-order valence-electron chi connectivity index (χ3n) is 3.94. The Morgan fingerprint density at radius 3 is 2.86 bits per heavy atom. The first-order valence-electron chi connectivity index (χ1n) is 7.24. The summed E-state index contributed by atoms with van der Waals surface area (Å²) < 4.78 is 1.89. The van der Waals surface area contributed by atoms with Crippen LogP contribution in [-0.4, -0.2) is 33.3 Å². The predicted octanol–water partition coefficient (Wildman–Crippen LogP) is 3.95. The molecule has 1 amide bonds. The van der Waals surface area contributed by atoms with Crippen LogP contribution >= 0.6 is 22.9 Å². The molecule has 0 radical (unpaired) electrons. The average molecular weight is 332 g/mol. The summed E-state index contributed by atoms with van der Waals surface area (Å²) in [5, 5.41) is 2.58. The highest BCUT2D eigenvalue weighted by atomic mass is 35.5. The first-order chi connectivity index (χ1) is 10.7. The summed E-state index contributed by atoms with van der Waals surface area (Å²) in [5.74, 6) is 0.0961. The molecule has 112 valence electrons. The van der Waals surface area contributed by atoms with Crippen molar-refractivity contribution in [2.24, 2.45) is 0 Å². The molecule has 1 aliphatic rings. The van der Waals surface area contributed by atoms with Crippen LogP contribution in [-0.2, 0) is 0 Å². The third kappa shape index (κ3) is 2.30. The Balaban J connectivity index is 1.74. The lowest BCUT2D eigenvalue weighted by Crippen LogP contribution is -2.28. The Morgan fingerprint density at radius 1 is 1.27 bits per heavy atom. The molecule has 0 spiro atoms. The molecule has 1 fully saturated rings. The third-order valence-corrected chi connectivity index (χ3v) is 5.02. The van der Waals surface area contributed by atoms with Crippen LogP contribution in [0.25, 0.3) is 16.2 Å². The lowest BCUT2D eigenvalue weighted by atomic mass is 10.2. The minimum atomic E-state index is 0.0961. The summed E-state index contributed by atoms with van der Waals surface area (Å²) >= 11 is 7.53. The minimum Gasteiger partial charge on any atom is -0.337 e. The maximum Gasteiger partial charge on any atom is 0.271 e. The van der Waals surface area contributed by atoms with Gasteiger partial charge in [0.05, 0.1) is 5.69 Å². The van der Waals surface area contributed by atoms with E-state index in [-0.39, 0.29) is 5.91 Å². The van der Waals surface area contributed by atoms with Gasteiger partial charge in [-0.15, -0.1) is 11.3 Å². The first kappa shape index (κ1) is 13.8. The summed E-state index contributed by atoms with van der Waals surface area (Å²) in [6.45, 7) is 1.71. The highest BCUT2D eigenvalue weighted by molar-refractivity contribution is 7.15. The zero-order valence-electron chi connectivity index (χ0n) is 11.8. The number of thiazole rings is 1. The number of amides is 1. The molecule has 22 heavy (non-hydrogen) atoms. The molecule has 0 bridgehead atoms. The Bertz CT molecular complexity index is 848. The van der Waals surface area contributed by atoms with Crippen LogP contribution in [0, 0.1) is 0 Å². The number of hydrogen-bond acceptors (Lipinski definition) is 3. The number of carbonyl (C=O) groups excluding carboxylic acids is 1.